The maximum absolute atomic E-state index is 12.2. The molecule has 0 aliphatic heterocycles. The first kappa shape index (κ1) is 16.1. The van der Waals surface area contributed by atoms with Crippen molar-refractivity contribution in [2.24, 2.45) is 0 Å². The summed E-state index contributed by atoms with van der Waals surface area (Å²) in [7, 11) is 0. The summed E-state index contributed by atoms with van der Waals surface area (Å²) in [6.45, 7) is 0.276. The number of hydrogen-bond donors (Lipinski definition) is 1. The smallest absolute Gasteiger partial charge is 0.271 e. The van der Waals surface area contributed by atoms with Gasteiger partial charge in [-0.05, 0) is 43.2 Å². The van der Waals surface area contributed by atoms with Gasteiger partial charge in [-0.1, -0.05) is 35.2 Å². The maximum atomic E-state index is 12.2. The molecule has 1 N–H and O–H groups in total. The highest BCUT2D eigenvalue weighted by molar-refractivity contribution is 9.10. The standard InChI is InChI=1S/C17H20BrN3O2/c18-13-6-8-15(9-7-13)23-12-21-11-10-16(20-21)17(22)19-14-4-2-1-3-5-14/h6-11,14H,1-5,12H2,(H,19,22). The second-order valence-electron chi connectivity index (χ2n) is 5.78. The zero-order chi connectivity index (χ0) is 16.1. The second-order valence-corrected chi connectivity index (χ2v) is 6.69. The average Bonchev–Trinajstić information content (AvgIpc) is 3.04. The third-order valence-corrected chi connectivity index (χ3v) is 4.52. The number of amides is 1. The van der Waals surface area contributed by atoms with Gasteiger partial charge in [-0.3, -0.25) is 4.79 Å². The summed E-state index contributed by atoms with van der Waals surface area (Å²) < 4.78 is 8.27. The molecule has 0 unspecified atom stereocenters. The Labute approximate surface area is 144 Å². The molecule has 1 aromatic carbocycles. The molecular weight excluding hydrogens is 358 g/mol. The molecule has 122 valence electrons. The van der Waals surface area contributed by atoms with Crippen LogP contribution in [0.25, 0.3) is 0 Å². The van der Waals surface area contributed by atoms with Crippen LogP contribution < -0.4 is 10.1 Å². The molecule has 0 saturated heterocycles. The molecule has 23 heavy (non-hydrogen) atoms. The van der Waals surface area contributed by atoms with Crippen LogP contribution in [0.3, 0.4) is 0 Å². The molecule has 1 amide bonds. The van der Waals surface area contributed by atoms with Crippen LogP contribution in [0, 0.1) is 0 Å². The largest absolute Gasteiger partial charge is 0.471 e. The molecule has 6 heteroatoms. The van der Waals surface area contributed by atoms with Crippen LogP contribution in [0.5, 0.6) is 5.75 Å². The number of nitrogens with zero attached hydrogens (tertiary/aromatic N) is 2. The minimum Gasteiger partial charge on any atom is -0.471 e. The van der Waals surface area contributed by atoms with E-state index in [2.05, 4.69) is 26.3 Å². The van der Waals surface area contributed by atoms with Crippen LogP contribution in [-0.4, -0.2) is 21.7 Å². The molecule has 0 bridgehead atoms. The van der Waals surface area contributed by atoms with Crippen molar-refractivity contribution in [1.82, 2.24) is 15.1 Å². The monoisotopic (exact) mass is 377 g/mol. The topological polar surface area (TPSA) is 56.2 Å². The Bertz CT molecular complexity index is 648. The summed E-state index contributed by atoms with van der Waals surface area (Å²) in [6, 6.07) is 9.61. The van der Waals surface area contributed by atoms with Crippen molar-refractivity contribution in [3.8, 4) is 5.75 Å². The van der Waals surface area contributed by atoms with Gasteiger partial charge in [0.1, 0.15) is 11.4 Å². The molecule has 1 fully saturated rings. The number of benzene rings is 1. The van der Waals surface area contributed by atoms with Crippen molar-refractivity contribution >= 4 is 21.8 Å². The molecule has 1 saturated carbocycles. The van der Waals surface area contributed by atoms with E-state index in [4.69, 9.17) is 4.74 Å². The number of carbonyl (C=O) groups is 1. The number of carbonyl (C=O) groups excluding carboxylic acids is 1. The van der Waals surface area contributed by atoms with Crippen LogP contribution >= 0.6 is 15.9 Å². The first-order valence-electron chi connectivity index (χ1n) is 7.93. The molecule has 3 rings (SSSR count). The Morgan fingerprint density at radius 1 is 1.22 bits per heavy atom. The summed E-state index contributed by atoms with van der Waals surface area (Å²) in [5.41, 5.74) is 0.440. The molecule has 0 atom stereocenters. The van der Waals surface area contributed by atoms with Crippen LogP contribution in [0.2, 0.25) is 0 Å². The fraction of sp³-hybridized carbons (Fsp3) is 0.412. The Kier molecular flexibility index (Phi) is 5.33. The van der Waals surface area contributed by atoms with Gasteiger partial charge in [0.15, 0.2) is 6.73 Å². The van der Waals surface area contributed by atoms with E-state index < -0.39 is 0 Å². The van der Waals surface area contributed by atoms with Gasteiger partial charge in [0.2, 0.25) is 0 Å². The van der Waals surface area contributed by atoms with Crippen LogP contribution in [0.15, 0.2) is 41.0 Å². The van der Waals surface area contributed by atoms with Gasteiger partial charge in [-0.25, -0.2) is 4.68 Å². The number of rotatable bonds is 5. The summed E-state index contributed by atoms with van der Waals surface area (Å²) in [6.07, 6.45) is 7.56. The van der Waals surface area contributed by atoms with Crippen molar-refractivity contribution < 1.29 is 9.53 Å². The first-order valence-corrected chi connectivity index (χ1v) is 8.73. The number of hydrogen-bond acceptors (Lipinski definition) is 3. The fourth-order valence-electron chi connectivity index (χ4n) is 2.73. The molecule has 1 aliphatic rings. The van der Waals surface area contributed by atoms with E-state index in [-0.39, 0.29) is 12.6 Å². The molecule has 1 heterocycles. The Morgan fingerprint density at radius 2 is 1.96 bits per heavy atom. The highest BCUT2D eigenvalue weighted by Gasteiger charge is 2.18. The van der Waals surface area contributed by atoms with E-state index in [1.165, 1.54) is 19.3 Å². The quantitative estimate of drug-likeness (QED) is 0.862. The van der Waals surface area contributed by atoms with Crippen LogP contribution in [0.4, 0.5) is 0 Å². The molecule has 1 aliphatic carbocycles. The molecule has 2 aromatic rings. The Morgan fingerprint density at radius 3 is 2.70 bits per heavy atom. The third-order valence-electron chi connectivity index (χ3n) is 3.99. The molecular formula is C17H20BrN3O2. The van der Waals surface area contributed by atoms with Gasteiger partial charge < -0.3 is 10.1 Å². The van der Waals surface area contributed by atoms with Crippen molar-refractivity contribution in [3.05, 3.63) is 46.7 Å². The zero-order valence-electron chi connectivity index (χ0n) is 12.9. The number of aromatic nitrogens is 2. The predicted molar refractivity (Wildman–Crippen MR) is 91.3 cm³/mol. The van der Waals surface area contributed by atoms with E-state index in [1.807, 2.05) is 24.3 Å². The van der Waals surface area contributed by atoms with E-state index >= 15 is 0 Å². The van der Waals surface area contributed by atoms with Gasteiger partial charge in [0.25, 0.3) is 5.91 Å². The highest BCUT2D eigenvalue weighted by Crippen LogP contribution is 2.18. The van der Waals surface area contributed by atoms with E-state index in [0.29, 0.717) is 11.7 Å². The fourth-order valence-corrected chi connectivity index (χ4v) is 3.00. The van der Waals surface area contributed by atoms with E-state index in [9.17, 15) is 4.79 Å². The van der Waals surface area contributed by atoms with E-state index in [0.717, 1.165) is 23.1 Å². The van der Waals surface area contributed by atoms with Crippen molar-refractivity contribution in [1.29, 1.82) is 0 Å². The predicted octanol–water partition coefficient (Wildman–Crippen LogP) is 3.74. The Hall–Kier alpha value is -1.82. The lowest BCUT2D eigenvalue weighted by Crippen LogP contribution is -2.36. The highest BCUT2D eigenvalue weighted by atomic mass is 79.9. The number of nitrogens with one attached hydrogen (secondary N) is 1. The van der Waals surface area contributed by atoms with Gasteiger partial charge >= 0.3 is 0 Å². The minimum absolute atomic E-state index is 0.0979. The lowest BCUT2D eigenvalue weighted by atomic mass is 9.95. The van der Waals surface area contributed by atoms with Crippen molar-refractivity contribution in [2.45, 2.75) is 44.9 Å². The van der Waals surface area contributed by atoms with Crippen LogP contribution in [0.1, 0.15) is 42.6 Å². The lowest BCUT2D eigenvalue weighted by molar-refractivity contribution is 0.0920. The molecule has 5 nitrogen and oxygen atoms in total. The van der Waals surface area contributed by atoms with Gasteiger partial charge in [0, 0.05) is 16.7 Å². The van der Waals surface area contributed by atoms with Gasteiger partial charge in [-0.2, -0.15) is 5.10 Å². The van der Waals surface area contributed by atoms with E-state index in [1.54, 1.807) is 16.9 Å². The minimum atomic E-state index is -0.0979. The average molecular weight is 378 g/mol. The summed E-state index contributed by atoms with van der Waals surface area (Å²) >= 11 is 3.38. The molecule has 0 radical (unpaired) electrons. The summed E-state index contributed by atoms with van der Waals surface area (Å²) in [5.74, 6) is 0.663. The summed E-state index contributed by atoms with van der Waals surface area (Å²) in [4.78, 5) is 12.2. The maximum Gasteiger partial charge on any atom is 0.271 e. The zero-order valence-corrected chi connectivity index (χ0v) is 14.5. The molecule has 0 spiro atoms. The first-order chi connectivity index (χ1) is 11.2. The van der Waals surface area contributed by atoms with Crippen LogP contribution in [-0.2, 0) is 6.73 Å². The Balaban J connectivity index is 1.52. The SMILES string of the molecule is O=C(NC1CCCCC1)c1ccn(COc2ccc(Br)cc2)n1. The third kappa shape index (κ3) is 4.58. The number of halogens is 1. The molecule has 1 aromatic heterocycles. The van der Waals surface area contributed by atoms with Crippen molar-refractivity contribution in [3.63, 3.8) is 0 Å². The normalized spacial score (nSPS) is 15.3. The van der Waals surface area contributed by atoms with Gasteiger partial charge in [-0.15, -0.1) is 0 Å². The number of ether oxygens (including phenoxy) is 1. The lowest BCUT2D eigenvalue weighted by Gasteiger charge is -2.22. The second kappa shape index (κ2) is 7.64. The van der Waals surface area contributed by atoms with Gasteiger partial charge in [0.05, 0.1) is 0 Å². The van der Waals surface area contributed by atoms with Crippen molar-refractivity contribution in [2.75, 3.05) is 0 Å². The summed E-state index contributed by atoms with van der Waals surface area (Å²) in [5, 5.41) is 7.35.